The molecule has 0 aliphatic carbocycles. The van der Waals surface area contributed by atoms with Gasteiger partial charge in [0.25, 0.3) is 0 Å². The van der Waals surface area contributed by atoms with Crippen molar-refractivity contribution < 1.29 is 14.3 Å². The van der Waals surface area contributed by atoms with Gasteiger partial charge in [-0.05, 0) is 24.3 Å². The second-order valence-electron chi connectivity index (χ2n) is 3.51. The monoisotopic (exact) mass is 242 g/mol. The highest BCUT2D eigenvalue weighted by molar-refractivity contribution is 5.94. The second kappa shape index (κ2) is 4.63. The van der Waals surface area contributed by atoms with Crippen LogP contribution in [0.3, 0.4) is 0 Å². The lowest BCUT2D eigenvalue weighted by atomic mass is 10.0. The summed E-state index contributed by atoms with van der Waals surface area (Å²) < 4.78 is 13.7. The van der Waals surface area contributed by atoms with Crippen LogP contribution in [0.5, 0.6) is 0 Å². The SMILES string of the molecule is N#Cc1ccc(F)c(-c2cccnc2C(=O)O)c1. The van der Waals surface area contributed by atoms with Crippen LogP contribution in [0.15, 0.2) is 36.5 Å². The molecule has 88 valence electrons. The molecule has 0 saturated heterocycles. The van der Waals surface area contributed by atoms with Gasteiger partial charge in [-0.2, -0.15) is 5.26 Å². The molecule has 2 aromatic rings. The number of nitrogens with zero attached hydrogens (tertiary/aromatic N) is 2. The molecule has 4 nitrogen and oxygen atoms in total. The molecule has 1 aromatic carbocycles. The quantitative estimate of drug-likeness (QED) is 0.877. The molecule has 0 radical (unpaired) electrons. The highest BCUT2D eigenvalue weighted by atomic mass is 19.1. The fraction of sp³-hybridized carbons (Fsp3) is 0. The first-order valence-corrected chi connectivity index (χ1v) is 5.02. The molecule has 0 fully saturated rings. The van der Waals surface area contributed by atoms with Gasteiger partial charge in [-0.1, -0.05) is 6.07 Å². The smallest absolute Gasteiger partial charge is 0.355 e. The highest BCUT2D eigenvalue weighted by Crippen LogP contribution is 2.26. The fourth-order valence-electron chi connectivity index (χ4n) is 1.59. The maximum absolute atomic E-state index is 13.7. The van der Waals surface area contributed by atoms with E-state index in [0.29, 0.717) is 0 Å². The van der Waals surface area contributed by atoms with Crippen LogP contribution in [0.4, 0.5) is 4.39 Å². The molecule has 0 saturated carbocycles. The van der Waals surface area contributed by atoms with E-state index >= 15 is 0 Å². The number of hydrogen-bond donors (Lipinski definition) is 1. The van der Waals surface area contributed by atoms with Crippen molar-refractivity contribution in [2.45, 2.75) is 0 Å². The number of pyridine rings is 1. The van der Waals surface area contributed by atoms with Gasteiger partial charge in [0.1, 0.15) is 5.82 Å². The van der Waals surface area contributed by atoms with Crippen molar-refractivity contribution >= 4 is 5.97 Å². The fourth-order valence-corrected chi connectivity index (χ4v) is 1.59. The Kier molecular flexibility index (Phi) is 3.02. The van der Waals surface area contributed by atoms with Crippen LogP contribution >= 0.6 is 0 Å². The number of rotatable bonds is 2. The van der Waals surface area contributed by atoms with Crippen molar-refractivity contribution in [3.63, 3.8) is 0 Å². The standard InChI is InChI=1S/C13H7FN2O2/c14-11-4-3-8(7-15)6-10(11)9-2-1-5-16-12(9)13(17)18/h1-6H,(H,17,18). The van der Waals surface area contributed by atoms with Gasteiger partial charge in [0.05, 0.1) is 11.6 Å². The summed E-state index contributed by atoms with van der Waals surface area (Å²) in [5.74, 6) is -1.84. The maximum atomic E-state index is 13.7. The summed E-state index contributed by atoms with van der Waals surface area (Å²) in [6.07, 6.45) is 1.32. The molecule has 0 aliphatic heterocycles. The van der Waals surface area contributed by atoms with Crippen LogP contribution in [0.1, 0.15) is 16.1 Å². The van der Waals surface area contributed by atoms with E-state index in [1.807, 2.05) is 6.07 Å². The molecule has 0 atom stereocenters. The van der Waals surface area contributed by atoms with E-state index in [9.17, 15) is 9.18 Å². The van der Waals surface area contributed by atoms with Gasteiger partial charge < -0.3 is 5.11 Å². The van der Waals surface area contributed by atoms with Crippen LogP contribution in [0.2, 0.25) is 0 Å². The third kappa shape index (κ3) is 2.04. The average Bonchev–Trinajstić information content (AvgIpc) is 2.39. The number of carbonyl (C=O) groups is 1. The normalized spacial score (nSPS) is 9.78. The van der Waals surface area contributed by atoms with Crippen molar-refractivity contribution in [2.75, 3.05) is 0 Å². The number of halogens is 1. The summed E-state index contributed by atoms with van der Waals surface area (Å²) in [6.45, 7) is 0. The molecule has 1 aromatic heterocycles. The minimum absolute atomic E-state index is 0.0551. The summed E-state index contributed by atoms with van der Waals surface area (Å²) >= 11 is 0. The van der Waals surface area contributed by atoms with Gasteiger partial charge in [0.2, 0.25) is 0 Å². The molecule has 1 N–H and O–H groups in total. The molecule has 0 aliphatic rings. The number of hydrogen-bond acceptors (Lipinski definition) is 3. The minimum atomic E-state index is -1.24. The van der Waals surface area contributed by atoms with E-state index in [1.54, 1.807) is 0 Å². The lowest BCUT2D eigenvalue weighted by Gasteiger charge is -2.06. The molecule has 2 rings (SSSR count). The van der Waals surface area contributed by atoms with Crippen LogP contribution < -0.4 is 0 Å². The zero-order valence-corrected chi connectivity index (χ0v) is 9.09. The number of carboxylic acid groups (broad SMARTS) is 1. The number of aromatic carboxylic acids is 1. The topological polar surface area (TPSA) is 74.0 Å². The average molecular weight is 242 g/mol. The molecule has 5 heteroatoms. The molecular weight excluding hydrogens is 235 g/mol. The zero-order chi connectivity index (χ0) is 13.1. The van der Waals surface area contributed by atoms with Gasteiger partial charge in [0, 0.05) is 17.3 Å². The molecular formula is C13H7FN2O2. The van der Waals surface area contributed by atoms with E-state index in [0.717, 1.165) is 6.07 Å². The Morgan fingerprint density at radius 2 is 2.11 bits per heavy atom. The van der Waals surface area contributed by atoms with Gasteiger partial charge >= 0.3 is 5.97 Å². The predicted molar refractivity (Wildman–Crippen MR) is 61.3 cm³/mol. The first-order valence-electron chi connectivity index (χ1n) is 5.02. The van der Waals surface area contributed by atoms with Crippen LogP contribution in [-0.2, 0) is 0 Å². The first kappa shape index (κ1) is 11.7. The summed E-state index contributed by atoms with van der Waals surface area (Å²) in [5, 5.41) is 17.8. The number of nitriles is 1. The third-order valence-corrected chi connectivity index (χ3v) is 2.40. The van der Waals surface area contributed by atoms with Crippen LogP contribution in [0.25, 0.3) is 11.1 Å². The Morgan fingerprint density at radius 1 is 1.33 bits per heavy atom. The maximum Gasteiger partial charge on any atom is 0.355 e. The lowest BCUT2D eigenvalue weighted by molar-refractivity contribution is 0.0691. The molecule has 0 unspecified atom stereocenters. The largest absolute Gasteiger partial charge is 0.476 e. The Labute approximate surface area is 102 Å². The number of benzene rings is 1. The van der Waals surface area contributed by atoms with Crippen LogP contribution in [-0.4, -0.2) is 16.1 Å². The van der Waals surface area contributed by atoms with Gasteiger partial charge in [-0.25, -0.2) is 14.2 Å². The van der Waals surface area contributed by atoms with E-state index in [-0.39, 0.29) is 22.4 Å². The Hall–Kier alpha value is -2.74. The van der Waals surface area contributed by atoms with Gasteiger partial charge in [-0.15, -0.1) is 0 Å². The number of aromatic nitrogens is 1. The van der Waals surface area contributed by atoms with E-state index in [2.05, 4.69) is 4.98 Å². The van der Waals surface area contributed by atoms with E-state index in [1.165, 1.54) is 30.5 Å². The number of carboxylic acids is 1. The zero-order valence-electron chi connectivity index (χ0n) is 9.09. The second-order valence-corrected chi connectivity index (χ2v) is 3.51. The van der Waals surface area contributed by atoms with E-state index < -0.39 is 11.8 Å². The molecule has 1 heterocycles. The minimum Gasteiger partial charge on any atom is -0.476 e. The van der Waals surface area contributed by atoms with Crippen molar-refractivity contribution in [3.8, 4) is 17.2 Å². The van der Waals surface area contributed by atoms with Gasteiger partial charge in [0.15, 0.2) is 5.69 Å². The molecule has 18 heavy (non-hydrogen) atoms. The lowest BCUT2D eigenvalue weighted by Crippen LogP contribution is -2.03. The summed E-state index contributed by atoms with van der Waals surface area (Å²) in [5.41, 5.74) is 0.220. The molecule has 0 spiro atoms. The van der Waals surface area contributed by atoms with Crippen molar-refractivity contribution in [3.05, 3.63) is 53.6 Å². The van der Waals surface area contributed by atoms with Crippen molar-refractivity contribution in [2.24, 2.45) is 0 Å². The Bertz CT molecular complexity index is 662. The summed E-state index contributed by atoms with van der Waals surface area (Å²) in [7, 11) is 0. The predicted octanol–water partition coefficient (Wildman–Crippen LogP) is 2.46. The summed E-state index contributed by atoms with van der Waals surface area (Å²) in [6, 6.07) is 8.61. The third-order valence-electron chi connectivity index (χ3n) is 2.40. The molecule has 0 amide bonds. The van der Waals surface area contributed by atoms with Gasteiger partial charge in [-0.3, -0.25) is 0 Å². The molecule has 0 bridgehead atoms. The van der Waals surface area contributed by atoms with Crippen molar-refractivity contribution in [1.82, 2.24) is 4.98 Å². The Morgan fingerprint density at radius 3 is 2.78 bits per heavy atom. The summed E-state index contributed by atoms with van der Waals surface area (Å²) in [4.78, 5) is 14.7. The van der Waals surface area contributed by atoms with E-state index in [4.69, 9.17) is 10.4 Å². The first-order chi connectivity index (χ1) is 8.63. The van der Waals surface area contributed by atoms with Crippen LogP contribution in [0, 0.1) is 17.1 Å². The Balaban J connectivity index is 2.69. The highest BCUT2D eigenvalue weighted by Gasteiger charge is 2.16. The van der Waals surface area contributed by atoms with Crippen molar-refractivity contribution in [1.29, 1.82) is 5.26 Å².